The van der Waals surface area contributed by atoms with E-state index in [0.29, 0.717) is 0 Å². The molecule has 4 atom stereocenters. The number of nitrogens with zero attached hydrogens (tertiary/aromatic N) is 3. The summed E-state index contributed by atoms with van der Waals surface area (Å²) in [5.41, 5.74) is 6.53. The van der Waals surface area contributed by atoms with E-state index < -0.39 is 37.2 Å². The van der Waals surface area contributed by atoms with Crippen molar-refractivity contribution in [1.82, 2.24) is 19.5 Å². The van der Waals surface area contributed by atoms with Gasteiger partial charge in [-0.2, -0.15) is 4.98 Å². The summed E-state index contributed by atoms with van der Waals surface area (Å²) in [4.78, 5) is 22.7. The van der Waals surface area contributed by atoms with Gasteiger partial charge in [0.25, 0.3) is 5.56 Å². The molecule has 10 nitrogen and oxygen atoms in total. The fraction of sp³-hybridized carbons (Fsp3) is 0.312. The number of aliphatic hydroxyl groups is 1. The molecule has 4 heterocycles. The minimum absolute atomic E-state index is 0.0201. The van der Waals surface area contributed by atoms with E-state index in [1.807, 2.05) is 30.3 Å². The Balaban J connectivity index is 1.53. The minimum Gasteiger partial charge on any atom is -0.399 e. The van der Waals surface area contributed by atoms with Crippen molar-refractivity contribution in [3.05, 3.63) is 47.0 Å². The Kier molecular flexibility index (Phi) is 3.76. The number of aromatic nitrogens is 4. The average Bonchev–Trinajstić information content (AvgIpc) is 3.35. The van der Waals surface area contributed by atoms with Crippen LogP contribution in [0.5, 0.6) is 0 Å². The molecule has 0 bridgehead atoms. The smallest absolute Gasteiger partial charge is 0.399 e. The Morgan fingerprint density at radius 1 is 1.26 bits per heavy atom. The van der Waals surface area contributed by atoms with Crippen LogP contribution < -0.4 is 16.8 Å². The maximum Gasteiger partial charge on any atom is 0.494 e. The molecule has 138 valence electrons. The number of ether oxygens (including phenoxy) is 1. The number of imidazole rings is 1. The van der Waals surface area contributed by atoms with E-state index in [2.05, 4.69) is 15.0 Å². The fourth-order valence-corrected chi connectivity index (χ4v) is 3.60. The summed E-state index contributed by atoms with van der Waals surface area (Å²) in [6, 6.07) is 9.52. The number of aromatic amines is 1. The molecule has 2 aromatic heterocycles. The first-order valence-corrected chi connectivity index (χ1v) is 8.50. The van der Waals surface area contributed by atoms with Crippen molar-refractivity contribution in [3.63, 3.8) is 0 Å². The van der Waals surface area contributed by atoms with Crippen molar-refractivity contribution in [2.75, 3.05) is 12.3 Å². The Hall–Kier alpha value is -2.73. The third-order valence-corrected chi connectivity index (χ3v) is 4.82. The largest absolute Gasteiger partial charge is 0.494 e. The Morgan fingerprint density at radius 3 is 2.81 bits per heavy atom. The molecule has 0 spiro atoms. The van der Waals surface area contributed by atoms with Crippen LogP contribution in [0.2, 0.25) is 0 Å². The molecule has 2 saturated heterocycles. The van der Waals surface area contributed by atoms with Crippen LogP contribution in [0.25, 0.3) is 11.2 Å². The number of hydrogen-bond acceptors (Lipinski definition) is 8. The number of nitrogens with one attached hydrogen (secondary N) is 1. The van der Waals surface area contributed by atoms with Gasteiger partial charge in [-0.25, -0.2) is 4.98 Å². The number of H-pyrrole nitrogens is 1. The molecule has 0 saturated carbocycles. The lowest BCUT2D eigenvalue weighted by Crippen LogP contribution is -2.36. The van der Waals surface area contributed by atoms with Gasteiger partial charge in [0.2, 0.25) is 5.95 Å². The van der Waals surface area contributed by atoms with Gasteiger partial charge in [-0.1, -0.05) is 30.3 Å². The van der Waals surface area contributed by atoms with Crippen LogP contribution in [-0.2, 0) is 14.0 Å². The molecule has 0 amide bonds. The van der Waals surface area contributed by atoms with Crippen LogP contribution in [0.3, 0.4) is 0 Å². The molecule has 1 aromatic carbocycles. The number of benzene rings is 1. The lowest BCUT2D eigenvalue weighted by atomic mass is 9.79. The van der Waals surface area contributed by atoms with Gasteiger partial charge in [-0.3, -0.25) is 14.3 Å². The predicted molar refractivity (Wildman–Crippen MR) is 95.1 cm³/mol. The van der Waals surface area contributed by atoms with Gasteiger partial charge < -0.3 is 24.9 Å². The first-order valence-electron chi connectivity index (χ1n) is 8.50. The van der Waals surface area contributed by atoms with Gasteiger partial charge in [-0.05, 0) is 5.46 Å². The first-order chi connectivity index (χ1) is 13.2. The summed E-state index contributed by atoms with van der Waals surface area (Å²) in [6.45, 7) is -0.231. The highest BCUT2D eigenvalue weighted by atomic mass is 16.7. The van der Waals surface area contributed by atoms with Crippen molar-refractivity contribution in [1.29, 1.82) is 0 Å². The summed E-state index contributed by atoms with van der Waals surface area (Å²) in [7, 11) is -0.571. The van der Waals surface area contributed by atoms with Gasteiger partial charge in [0.05, 0.1) is 12.9 Å². The topological polar surface area (TPSA) is 138 Å². The van der Waals surface area contributed by atoms with Gasteiger partial charge in [0, 0.05) is 0 Å². The van der Waals surface area contributed by atoms with E-state index in [1.54, 1.807) is 4.57 Å². The Labute approximate surface area is 153 Å². The van der Waals surface area contributed by atoms with E-state index in [9.17, 15) is 9.90 Å². The van der Waals surface area contributed by atoms with E-state index in [4.69, 9.17) is 19.8 Å². The van der Waals surface area contributed by atoms with Crippen molar-refractivity contribution in [2.45, 2.75) is 24.5 Å². The highest BCUT2D eigenvalue weighted by molar-refractivity contribution is 6.61. The van der Waals surface area contributed by atoms with E-state index >= 15 is 0 Å². The maximum atomic E-state index is 12.0. The van der Waals surface area contributed by atoms with Crippen LogP contribution in [0.15, 0.2) is 41.5 Å². The standard InChI is InChI=1S/C16H16BN5O5/c18-16-20-13-10(14(24)21-16)19-7-22(13)15-12-11(9(6-23)25-15)26-17(27-12)8-4-2-1-3-5-8/h1-5,7,9,11-12,15,23H,6H2,(H3,18,20,21,24)/t9-,11-,12-,15-/m1/s1. The van der Waals surface area contributed by atoms with Crippen LogP contribution >= 0.6 is 0 Å². The summed E-state index contributed by atoms with van der Waals surface area (Å²) >= 11 is 0. The van der Waals surface area contributed by atoms with E-state index in [0.717, 1.165) is 5.46 Å². The number of hydrogen-bond donors (Lipinski definition) is 3. The third kappa shape index (κ3) is 2.55. The summed E-state index contributed by atoms with van der Waals surface area (Å²) in [5, 5.41) is 9.71. The molecule has 5 rings (SSSR count). The molecule has 2 aliphatic rings. The lowest BCUT2D eigenvalue weighted by Gasteiger charge is -2.19. The number of anilines is 1. The lowest BCUT2D eigenvalue weighted by molar-refractivity contribution is -0.0570. The van der Waals surface area contributed by atoms with Crippen molar-refractivity contribution >= 4 is 29.7 Å². The third-order valence-electron chi connectivity index (χ3n) is 4.82. The maximum absolute atomic E-state index is 12.0. The SMILES string of the molecule is Nc1nc2c(ncn2[C@@H]2O[C@H](CO)[C@H]3OB(c4ccccc4)O[C@H]32)c(=O)[nH]1. The summed E-state index contributed by atoms with van der Waals surface area (Å²) in [5.74, 6) is -0.0201. The molecule has 3 aromatic rings. The molecular weight excluding hydrogens is 353 g/mol. The zero-order valence-corrected chi connectivity index (χ0v) is 14.1. The van der Waals surface area contributed by atoms with Crippen LogP contribution in [0, 0.1) is 0 Å². The number of nitrogen functional groups attached to an aromatic ring is 1. The molecule has 4 N–H and O–H groups in total. The molecule has 0 aliphatic carbocycles. The molecule has 2 fully saturated rings. The summed E-state index contributed by atoms with van der Waals surface area (Å²) in [6.07, 6.45) is -0.772. The summed E-state index contributed by atoms with van der Waals surface area (Å²) < 4.78 is 19.6. The van der Waals surface area contributed by atoms with Crippen LogP contribution in [0.1, 0.15) is 6.23 Å². The van der Waals surface area contributed by atoms with Gasteiger partial charge >= 0.3 is 7.12 Å². The first kappa shape index (κ1) is 16.4. The van der Waals surface area contributed by atoms with Crippen molar-refractivity contribution in [2.24, 2.45) is 0 Å². The second-order valence-corrected chi connectivity index (χ2v) is 6.47. The number of aliphatic hydroxyl groups excluding tert-OH is 1. The monoisotopic (exact) mass is 369 g/mol. The average molecular weight is 369 g/mol. The van der Waals surface area contributed by atoms with E-state index in [1.165, 1.54) is 6.33 Å². The normalized spacial score (nSPS) is 27.4. The molecule has 0 radical (unpaired) electrons. The van der Waals surface area contributed by atoms with Crippen molar-refractivity contribution in [3.8, 4) is 0 Å². The zero-order valence-electron chi connectivity index (χ0n) is 14.1. The predicted octanol–water partition coefficient (Wildman–Crippen LogP) is -1.23. The van der Waals surface area contributed by atoms with Gasteiger partial charge in [0.15, 0.2) is 17.4 Å². The zero-order chi connectivity index (χ0) is 18.5. The van der Waals surface area contributed by atoms with Crippen LogP contribution in [0.4, 0.5) is 5.95 Å². The van der Waals surface area contributed by atoms with Crippen LogP contribution in [-0.4, -0.2) is 56.7 Å². The van der Waals surface area contributed by atoms with Gasteiger partial charge in [0.1, 0.15) is 18.3 Å². The highest BCUT2D eigenvalue weighted by Gasteiger charge is 2.55. The number of nitrogens with two attached hydrogens (primary N) is 1. The molecule has 27 heavy (non-hydrogen) atoms. The molecule has 11 heteroatoms. The second-order valence-electron chi connectivity index (χ2n) is 6.47. The Bertz CT molecular complexity index is 1040. The number of rotatable bonds is 3. The Morgan fingerprint density at radius 2 is 2.04 bits per heavy atom. The highest BCUT2D eigenvalue weighted by Crippen LogP contribution is 2.39. The molecule has 0 unspecified atom stereocenters. The number of fused-ring (bicyclic) bond motifs is 2. The quantitative estimate of drug-likeness (QED) is 0.488. The minimum atomic E-state index is -0.667. The fourth-order valence-electron chi connectivity index (χ4n) is 3.60. The van der Waals surface area contributed by atoms with Gasteiger partial charge in [-0.15, -0.1) is 0 Å². The molecule has 2 aliphatic heterocycles. The molecular formula is C16H16BN5O5. The second kappa shape index (κ2) is 6.17. The van der Waals surface area contributed by atoms with Crippen molar-refractivity contribution < 1.29 is 19.2 Å². The van der Waals surface area contributed by atoms with E-state index in [-0.39, 0.29) is 23.7 Å².